The van der Waals surface area contributed by atoms with Crippen LogP contribution in [0.25, 0.3) is 0 Å². The summed E-state index contributed by atoms with van der Waals surface area (Å²) in [5.41, 5.74) is 2.54. The highest BCUT2D eigenvalue weighted by Crippen LogP contribution is 2.41. The van der Waals surface area contributed by atoms with Gasteiger partial charge in [-0.3, -0.25) is 0 Å². The molecule has 0 N–H and O–H groups in total. The fraction of sp³-hybridized carbons (Fsp3) is 0.636. The lowest BCUT2D eigenvalue weighted by atomic mass is 10.1. The fourth-order valence-electron chi connectivity index (χ4n) is 1.53. The first-order chi connectivity index (χ1) is 6.72. The number of aromatic nitrogens is 2. The highest BCUT2D eigenvalue weighted by molar-refractivity contribution is 9.08. The van der Waals surface area contributed by atoms with Gasteiger partial charge in [0, 0.05) is 28.9 Å². The average molecular weight is 255 g/mol. The largest absolute Gasteiger partial charge is 0.241 e. The van der Waals surface area contributed by atoms with Gasteiger partial charge in [0.1, 0.15) is 5.82 Å². The van der Waals surface area contributed by atoms with Gasteiger partial charge in [0.15, 0.2) is 0 Å². The van der Waals surface area contributed by atoms with E-state index in [-0.39, 0.29) is 0 Å². The minimum Gasteiger partial charge on any atom is -0.241 e. The van der Waals surface area contributed by atoms with Crippen LogP contribution in [0.15, 0.2) is 6.20 Å². The minimum absolute atomic E-state index is 0.428. The molecule has 0 atom stereocenters. The van der Waals surface area contributed by atoms with Gasteiger partial charge in [0.05, 0.1) is 5.69 Å². The Morgan fingerprint density at radius 2 is 2.21 bits per heavy atom. The summed E-state index contributed by atoms with van der Waals surface area (Å²) in [5, 5.41) is 0.872. The zero-order valence-corrected chi connectivity index (χ0v) is 10.2. The van der Waals surface area contributed by atoms with Crippen LogP contribution in [-0.4, -0.2) is 9.97 Å². The minimum atomic E-state index is 0.428. The molecule has 0 unspecified atom stereocenters. The number of alkyl halides is 1. The monoisotopic (exact) mass is 254 g/mol. The van der Waals surface area contributed by atoms with Crippen molar-refractivity contribution in [1.29, 1.82) is 0 Å². The lowest BCUT2D eigenvalue weighted by Gasteiger charge is -2.09. The van der Waals surface area contributed by atoms with E-state index in [1.165, 1.54) is 24.1 Å². The molecule has 2 rings (SSSR count). The normalized spacial score (nSPS) is 16.3. The summed E-state index contributed by atoms with van der Waals surface area (Å²) in [6.45, 7) is 4.28. The van der Waals surface area contributed by atoms with Gasteiger partial charge >= 0.3 is 0 Å². The first kappa shape index (κ1) is 10.1. The molecular weight excluding hydrogens is 240 g/mol. The first-order valence-electron chi connectivity index (χ1n) is 5.14. The van der Waals surface area contributed by atoms with Crippen LogP contribution >= 0.6 is 15.9 Å². The molecule has 2 nitrogen and oxygen atoms in total. The summed E-state index contributed by atoms with van der Waals surface area (Å²) in [6.07, 6.45) is 4.58. The zero-order valence-electron chi connectivity index (χ0n) is 8.63. The third-order valence-corrected chi connectivity index (χ3v) is 3.15. The molecule has 0 aliphatic heterocycles. The SMILES string of the molecule is CC(C)c1ncc(CBr)c(C2CC2)n1. The maximum Gasteiger partial charge on any atom is 0.131 e. The highest BCUT2D eigenvalue weighted by Gasteiger charge is 2.28. The van der Waals surface area contributed by atoms with E-state index < -0.39 is 0 Å². The molecule has 14 heavy (non-hydrogen) atoms. The van der Waals surface area contributed by atoms with Crippen molar-refractivity contribution in [3.8, 4) is 0 Å². The van der Waals surface area contributed by atoms with Gasteiger partial charge in [-0.05, 0) is 12.8 Å². The zero-order chi connectivity index (χ0) is 10.1. The summed E-state index contributed by atoms with van der Waals surface area (Å²) < 4.78 is 0. The third-order valence-electron chi connectivity index (χ3n) is 2.54. The smallest absolute Gasteiger partial charge is 0.131 e. The summed E-state index contributed by atoms with van der Waals surface area (Å²) in [5.74, 6) is 2.12. The molecule has 0 amide bonds. The maximum atomic E-state index is 4.66. The molecule has 1 aliphatic rings. The summed E-state index contributed by atoms with van der Waals surface area (Å²) >= 11 is 3.49. The summed E-state index contributed by atoms with van der Waals surface area (Å²) in [7, 11) is 0. The molecule has 1 aliphatic carbocycles. The first-order valence-corrected chi connectivity index (χ1v) is 6.26. The molecule has 1 aromatic heterocycles. The molecule has 0 aromatic carbocycles. The van der Waals surface area contributed by atoms with E-state index in [9.17, 15) is 0 Å². The molecule has 1 heterocycles. The quantitative estimate of drug-likeness (QED) is 0.774. The van der Waals surface area contributed by atoms with E-state index in [0.29, 0.717) is 11.8 Å². The lowest BCUT2D eigenvalue weighted by Crippen LogP contribution is -2.03. The van der Waals surface area contributed by atoms with Crippen molar-refractivity contribution in [2.24, 2.45) is 0 Å². The van der Waals surface area contributed by atoms with Crippen LogP contribution in [0.4, 0.5) is 0 Å². The molecule has 76 valence electrons. The van der Waals surface area contributed by atoms with Crippen molar-refractivity contribution in [2.75, 3.05) is 0 Å². The van der Waals surface area contributed by atoms with Gasteiger partial charge in [-0.1, -0.05) is 29.8 Å². The molecule has 0 bridgehead atoms. The van der Waals surface area contributed by atoms with Crippen molar-refractivity contribution >= 4 is 15.9 Å². The Labute approximate surface area is 93.3 Å². The Balaban J connectivity index is 2.36. The second kappa shape index (κ2) is 3.97. The Bertz CT molecular complexity index is 332. The lowest BCUT2D eigenvalue weighted by molar-refractivity contribution is 0.751. The van der Waals surface area contributed by atoms with Crippen LogP contribution in [0.3, 0.4) is 0 Å². The third kappa shape index (κ3) is 1.97. The molecule has 0 spiro atoms. The molecule has 3 heteroatoms. The number of rotatable bonds is 3. The number of hydrogen-bond donors (Lipinski definition) is 0. The van der Waals surface area contributed by atoms with E-state index in [1.807, 2.05) is 6.20 Å². The Kier molecular flexibility index (Phi) is 2.86. The Hall–Kier alpha value is -0.440. The van der Waals surface area contributed by atoms with Gasteiger partial charge in [-0.2, -0.15) is 0 Å². The van der Waals surface area contributed by atoms with E-state index >= 15 is 0 Å². The van der Waals surface area contributed by atoms with Crippen molar-refractivity contribution < 1.29 is 0 Å². The number of hydrogen-bond acceptors (Lipinski definition) is 2. The van der Waals surface area contributed by atoms with Gasteiger partial charge < -0.3 is 0 Å². The molecule has 1 saturated carbocycles. The van der Waals surface area contributed by atoms with Crippen LogP contribution < -0.4 is 0 Å². The second-order valence-corrected chi connectivity index (χ2v) is 4.76. The predicted molar refractivity (Wildman–Crippen MR) is 60.7 cm³/mol. The van der Waals surface area contributed by atoms with E-state index in [4.69, 9.17) is 0 Å². The standard InChI is InChI=1S/C11H15BrN2/c1-7(2)11-13-6-9(5-12)10(14-11)8-3-4-8/h6-8H,3-5H2,1-2H3. The average Bonchev–Trinajstić information content (AvgIpc) is 3.00. The maximum absolute atomic E-state index is 4.66. The van der Waals surface area contributed by atoms with Crippen molar-refractivity contribution in [3.63, 3.8) is 0 Å². The molecule has 0 saturated heterocycles. The van der Waals surface area contributed by atoms with Crippen LogP contribution in [0.2, 0.25) is 0 Å². The predicted octanol–water partition coefficient (Wildman–Crippen LogP) is 3.37. The van der Waals surface area contributed by atoms with Crippen LogP contribution in [-0.2, 0) is 5.33 Å². The van der Waals surface area contributed by atoms with Crippen molar-refractivity contribution in [1.82, 2.24) is 9.97 Å². The molecule has 1 fully saturated rings. The van der Waals surface area contributed by atoms with E-state index in [2.05, 4.69) is 39.7 Å². The Morgan fingerprint density at radius 1 is 1.50 bits per heavy atom. The van der Waals surface area contributed by atoms with Gasteiger partial charge in [0.2, 0.25) is 0 Å². The van der Waals surface area contributed by atoms with Crippen LogP contribution in [0.1, 0.15) is 55.6 Å². The molecule has 0 radical (unpaired) electrons. The summed E-state index contributed by atoms with van der Waals surface area (Å²) in [4.78, 5) is 9.04. The van der Waals surface area contributed by atoms with Gasteiger partial charge in [-0.15, -0.1) is 0 Å². The molecular formula is C11H15BrN2. The van der Waals surface area contributed by atoms with Gasteiger partial charge in [-0.25, -0.2) is 9.97 Å². The number of nitrogens with zero attached hydrogens (tertiary/aromatic N) is 2. The fourth-order valence-corrected chi connectivity index (χ4v) is 1.96. The van der Waals surface area contributed by atoms with Crippen LogP contribution in [0.5, 0.6) is 0 Å². The highest BCUT2D eigenvalue weighted by atomic mass is 79.9. The molecule has 1 aromatic rings. The second-order valence-electron chi connectivity index (χ2n) is 4.20. The summed E-state index contributed by atoms with van der Waals surface area (Å²) in [6, 6.07) is 0. The Morgan fingerprint density at radius 3 is 2.71 bits per heavy atom. The topological polar surface area (TPSA) is 25.8 Å². The van der Waals surface area contributed by atoms with E-state index in [0.717, 1.165) is 11.2 Å². The van der Waals surface area contributed by atoms with E-state index in [1.54, 1.807) is 0 Å². The number of halogens is 1. The van der Waals surface area contributed by atoms with Crippen molar-refractivity contribution in [3.05, 3.63) is 23.3 Å². The van der Waals surface area contributed by atoms with Gasteiger partial charge in [0.25, 0.3) is 0 Å². The van der Waals surface area contributed by atoms with Crippen LogP contribution in [0, 0.1) is 0 Å². The van der Waals surface area contributed by atoms with Crippen molar-refractivity contribution in [2.45, 2.75) is 43.9 Å².